The fourth-order valence-corrected chi connectivity index (χ4v) is 1.77. The molecule has 0 aromatic heterocycles. The van der Waals surface area contributed by atoms with Crippen LogP contribution in [0.25, 0.3) is 0 Å². The molecule has 0 bridgehead atoms. The van der Waals surface area contributed by atoms with Crippen LogP contribution in [0.1, 0.15) is 47.0 Å². The van der Waals surface area contributed by atoms with E-state index in [4.69, 9.17) is 0 Å². The third kappa shape index (κ3) is 2.23. The number of hydrogen-bond donors (Lipinski definition) is 1. The van der Waals surface area contributed by atoms with E-state index in [9.17, 15) is 0 Å². The summed E-state index contributed by atoms with van der Waals surface area (Å²) in [7, 11) is 0. The van der Waals surface area contributed by atoms with E-state index in [1.807, 2.05) is 13.8 Å². The van der Waals surface area contributed by atoms with Crippen molar-refractivity contribution in [2.75, 3.05) is 0 Å². The first-order valence-corrected chi connectivity index (χ1v) is 4.79. The Balaban J connectivity index is 2.47. The Labute approximate surface area is 75.4 Å². The molecule has 0 heterocycles. The highest BCUT2D eigenvalue weighted by molar-refractivity contribution is 5.78. The van der Waals surface area contributed by atoms with Gasteiger partial charge < -0.3 is 5.43 Å². The first-order chi connectivity index (χ1) is 5.52. The van der Waals surface area contributed by atoms with Crippen molar-refractivity contribution < 1.29 is 0 Å². The lowest BCUT2D eigenvalue weighted by Crippen LogP contribution is -2.34. The van der Waals surface area contributed by atoms with Crippen molar-refractivity contribution in [3.63, 3.8) is 0 Å². The standard InChI is InChI=1S/C10H20N2/c1-8(2)11-12-9-6-5-7-10(9,3)4/h9,12H,5-7H2,1-4H3. The van der Waals surface area contributed by atoms with E-state index in [0.29, 0.717) is 11.5 Å². The fourth-order valence-electron chi connectivity index (χ4n) is 1.77. The van der Waals surface area contributed by atoms with Crippen LogP contribution < -0.4 is 5.43 Å². The van der Waals surface area contributed by atoms with Gasteiger partial charge in [-0.2, -0.15) is 5.10 Å². The van der Waals surface area contributed by atoms with E-state index >= 15 is 0 Å². The van der Waals surface area contributed by atoms with E-state index in [1.165, 1.54) is 19.3 Å². The minimum absolute atomic E-state index is 0.430. The Morgan fingerprint density at radius 1 is 1.42 bits per heavy atom. The van der Waals surface area contributed by atoms with E-state index in [1.54, 1.807) is 0 Å². The van der Waals surface area contributed by atoms with Gasteiger partial charge in [0.15, 0.2) is 0 Å². The number of hydrogen-bond acceptors (Lipinski definition) is 2. The predicted molar refractivity (Wildman–Crippen MR) is 53.3 cm³/mol. The van der Waals surface area contributed by atoms with Crippen LogP contribution in [0.4, 0.5) is 0 Å². The second-order valence-corrected chi connectivity index (χ2v) is 4.62. The lowest BCUT2D eigenvalue weighted by molar-refractivity contribution is 0.288. The van der Waals surface area contributed by atoms with Gasteiger partial charge in [-0.25, -0.2) is 0 Å². The van der Waals surface area contributed by atoms with Crippen LogP contribution in [-0.4, -0.2) is 11.8 Å². The summed E-state index contributed by atoms with van der Waals surface area (Å²) in [5, 5.41) is 4.27. The monoisotopic (exact) mass is 168 g/mol. The zero-order valence-corrected chi connectivity index (χ0v) is 8.65. The van der Waals surface area contributed by atoms with E-state index < -0.39 is 0 Å². The highest BCUT2D eigenvalue weighted by atomic mass is 15.3. The summed E-state index contributed by atoms with van der Waals surface area (Å²) >= 11 is 0. The molecule has 12 heavy (non-hydrogen) atoms. The van der Waals surface area contributed by atoms with Crippen LogP contribution in [0.2, 0.25) is 0 Å². The Hall–Kier alpha value is -0.530. The van der Waals surface area contributed by atoms with Gasteiger partial charge in [0, 0.05) is 11.8 Å². The maximum atomic E-state index is 4.27. The predicted octanol–water partition coefficient (Wildman–Crippen LogP) is 2.55. The molecule has 2 nitrogen and oxygen atoms in total. The first-order valence-electron chi connectivity index (χ1n) is 4.79. The van der Waals surface area contributed by atoms with Gasteiger partial charge in [0.25, 0.3) is 0 Å². The van der Waals surface area contributed by atoms with Gasteiger partial charge in [0.1, 0.15) is 0 Å². The van der Waals surface area contributed by atoms with Gasteiger partial charge in [-0.3, -0.25) is 0 Å². The molecular formula is C10H20N2. The fraction of sp³-hybridized carbons (Fsp3) is 0.900. The Morgan fingerprint density at radius 3 is 2.50 bits per heavy atom. The average Bonchev–Trinajstić information content (AvgIpc) is 2.25. The molecule has 1 unspecified atom stereocenters. The second kappa shape index (κ2) is 3.46. The molecule has 1 atom stereocenters. The highest BCUT2D eigenvalue weighted by Crippen LogP contribution is 2.37. The summed E-state index contributed by atoms with van der Waals surface area (Å²) in [5.74, 6) is 0. The van der Waals surface area contributed by atoms with Crippen molar-refractivity contribution in [2.45, 2.75) is 53.0 Å². The normalized spacial score (nSPS) is 26.8. The third-order valence-corrected chi connectivity index (χ3v) is 2.70. The molecule has 1 aliphatic rings. The molecule has 0 amide bonds. The van der Waals surface area contributed by atoms with Gasteiger partial charge in [0.05, 0.1) is 0 Å². The molecule has 0 saturated heterocycles. The second-order valence-electron chi connectivity index (χ2n) is 4.62. The van der Waals surface area contributed by atoms with Crippen molar-refractivity contribution in [1.82, 2.24) is 5.43 Å². The van der Waals surface area contributed by atoms with Gasteiger partial charge in [-0.15, -0.1) is 0 Å². The molecule has 1 N–H and O–H groups in total. The summed E-state index contributed by atoms with van der Waals surface area (Å²) in [4.78, 5) is 0. The first kappa shape index (κ1) is 9.56. The molecule has 1 fully saturated rings. The Bertz CT molecular complexity index is 178. The molecule has 2 heteroatoms. The van der Waals surface area contributed by atoms with Crippen LogP contribution in [-0.2, 0) is 0 Å². The minimum Gasteiger partial charge on any atom is -0.307 e. The molecule has 0 radical (unpaired) electrons. The molecule has 1 rings (SSSR count). The number of hydrazone groups is 1. The summed E-state index contributed by atoms with van der Waals surface area (Å²) in [6.45, 7) is 8.68. The van der Waals surface area contributed by atoms with Gasteiger partial charge in [0.2, 0.25) is 0 Å². The maximum absolute atomic E-state index is 4.27. The summed E-state index contributed by atoms with van der Waals surface area (Å²) in [6.07, 6.45) is 3.93. The largest absolute Gasteiger partial charge is 0.307 e. The van der Waals surface area contributed by atoms with Crippen LogP contribution >= 0.6 is 0 Å². The summed E-state index contributed by atoms with van der Waals surface area (Å²) < 4.78 is 0. The maximum Gasteiger partial charge on any atom is 0.0491 e. The van der Waals surface area contributed by atoms with Crippen molar-refractivity contribution in [3.05, 3.63) is 0 Å². The number of rotatable bonds is 2. The topological polar surface area (TPSA) is 24.4 Å². The lowest BCUT2D eigenvalue weighted by atomic mass is 9.88. The number of nitrogens with zero attached hydrogens (tertiary/aromatic N) is 1. The lowest BCUT2D eigenvalue weighted by Gasteiger charge is -2.26. The van der Waals surface area contributed by atoms with Crippen LogP contribution in [0.15, 0.2) is 5.10 Å². The summed E-state index contributed by atoms with van der Waals surface area (Å²) in [6, 6.07) is 0.576. The zero-order chi connectivity index (χ0) is 9.19. The average molecular weight is 168 g/mol. The SMILES string of the molecule is CC(C)=NNC1CCCC1(C)C. The highest BCUT2D eigenvalue weighted by Gasteiger charge is 2.34. The smallest absolute Gasteiger partial charge is 0.0491 e. The Kier molecular flexibility index (Phi) is 2.76. The molecule has 0 spiro atoms. The van der Waals surface area contributed by atoms with Gasteiger partial charge in [-0.05, 0) is 32.1 Å². The quantitative estimate of drug-likeness (QED) is 0.497. The third-order valence-electron chi connectivity index (χ3n) is 2.70. The molecule has 70 valence electrons. The Morgan fingerprint density at radius 2 is 2.08 bits per heavy atom. The molecule has 0 aromatic carbocycles. The zero-order valence-electron chi connectivity index (χ0n) is 8.65. The van der Waals surface area contributed by atoms with Crippen molar-refractivity contribution >= 4 is 5.71 Å². The van der Waals surface area contributed by atoms with Crippen LogP contribution in [0.3, 0.4) is 0 Å². The minimum atomic E-state index is 0.430. The van der Waals surface area contributed by atoms with Crippen LogP contribution in [0.5, 0.6) is 0 Å². The number of nitrogens with one attached hydrogen (secondary N) is 1. The van der Waals surface area contributed by atoms with E-state index in [0.717, 1.165) is 5.71 Å². The van der Waals surface area contributed by atoms with Crippen molar-refractivity contribution in [1.29, 1.82) is 0 Å². The van der Waals surface area contributed by atoms with Crippen molar-refractivity contribution in [3.8, 4) is 0 Å². The van der Waals surface area contributed by atoms with E-state index in [2.05, 4.69) is 24.4 Å². The molecular weight excluding hydrogens is 148 g/mol. The van der Waals surface area contributed by atoms with Gasteiger partial charge >= 0.3 is 0 Å². The molecule has 1 saturated carbocycles. The summed E-state index contributed by atoms with van der Waals surface area (Å²) in [5.41, 5.74) is 4.80. The molecule has 0 aliphatic heterocycles. The van der Waals surface area contributed by atoms with E-state index in [-0.39, 0.29) is 0 Å². The van der Waals surface area contributed by atoms with Crippen LogP contribution in [0, 0.1) is 5.41 Å². The van der Waals surface area contributed by atoms with Gasteiger partial charge in [-0.1, -0.05) is 20.3 Å². The molecule has 0 aromatic rings. The molecule has 1 aliphatic carbocycles. The van der Waals surface area contributed by atoms with Crippen molar-refractivity contribution in [2.24, 2.45) is 10.5 Å².